The van der Waals surface area contributed by atoms with Crippen molar-refractivity contribution in [2.75, 3.05) is 20.3 Å². The predicted molar refractivity (Wildman–Crippen MR) is 59.5 cm³/mol. The number of amides is 3. The van der Waals surface area contributed by atoms with Crippen molar-refractivity contribution < 1.29 is 24.2 Å². The van der Waals surface area contributed by atoms with Gasteiger partial charge in [-0.15, -0.1) is 0 Å². The Hall–Kier alpha value is -1.63. The van der Waals surface area contributed by atoms with E-state index in [-0.39, 0.29) is 12.8 Å². The molecule has 0 aliphatic carbocycles. The Labute approximate surface area is 99.5 Å². The van der Waals surface area contributed by atoms with Gasteiger partial charge in [-0.3, -0.25) is 14.9 Å². The van der Waals surface area contributed by atoms with Crippen LogP contribution in [0.3, 0.4) is 0 Å². The third-order valence-electron chi connectivity index (χ3n) is 1.89. The van der Waals surface area contributed by atoms with Gasteiger partial charge >= 0.3 is 12.0 Å². The van der Waals surface area contributed by atoms with E-state index in [4.69, 9.17) is 9.84 Å². The molecular formula is C10H18N2O5. The van der Waals surface area contributed by atoms with Gasteiger partial charge in [-0.05, 0) is 12.8 Å². The molecule has 0 fully saturated rings. The fourth-order valence-corrected chi connectivity index (χ4v) is 1.06. The second-order valence-corrected chi connectivity index (χ2v) is 3.40. The van der Waals surface area contributed by atoms with E-state index in [2.05, 4.69) is 10.6 Å². The number of methoxy groups -OCH3 is 1. The fraction of sp³-hybridized carbons (Fsp3) is 0.700. The Morgan fingerprint density at radius 3 is 2.41 bits per heavy atom. The molecule has 0 unspecified atom stereocenters. The minimum atomic E-state index is -0.886. The highest BCUT2D eigenvalue weighted by atomic mass is 16.5. The van der Waals surface area contributed by atoms with E-state index < -0.39 is 17.9 Å². The molecule has 0 aromatic heterocycles. The third-order valence-corrected chi connectivity index (χ3v) is 1.89. The lowest BCUT2D eigenvalue weighted by Crippen LogP contribution is -2.40. The Kier molecular flexibility index (Phi) is 8.67. The summed E-state index contributed by atoms with van der Waals surface area (Å²) in [5.74, 6) is -1.30. The number of unbranched alkanes of at least 4 members (excludes halogenated alkanes) is 1. The maximum atomic E-state index is 11.2. The van der Waals surface area contributed by atoms with Crippen molar-refractivity contribution >= 4 is 17.9 Å². The van der Waals surface area contributed by atoms with Gasteiger partial charge in [0.25, 0.3) is 0 Å². The number of carboxylic acids is 1. The van der Waals surface area contributed by atoms with Gasteiger partial charge in [0, 0.05) is 26.5 Å². The monoisotopic (exact) mass is 246 g/mol. The molecule has 0 heterocycles. The normalized spacial score (nSPS) is 9.71. The predicted octanol–water partition coefficient (Wildman–Crippen LogP) is 0.104. The molecule has 0 rings (SSSR count). The Morgan fingerprint density at radius 1 is 1.18 bits per heavy atom. The van der Waals surface area contributed by atoms with E-state index in [0.29, 0.717) is 26.0 Å². The number of hydrogen-bond donors (Lipinski definition) is 3. The number of ether oxygens (including phenoxy) is 1. The van der Waals surface area contributed by atoms with Gasteiger partial charge in [0.2, 0.25) is 5.91 Å². The van der Waals surface area contributed by atoms with Crippen LogP contribution in [0.25, 0.3) is 0 Å². The molecule has 0 aromatic rings. The first-order chi connectivity index (χ1) is 8.06. The summed E-state index contributed by atoms with van der Waals surface area (Å²) >= 11 is 0. The lowest BCUT2D eigenvalue weighted by atomic mass is 10.2. The maximum absolute atomic E-state index is 11.2. The highest BCUT2D eigenvalue weighted by Crippen LogP contribution is 1.99. The number of carbonyl (C=O) groups excluding carboxylic acids is 2. The third kappa shape index (κ3) is 10.6. The van der Waals surface area contributed by atoms with E-state index in [0.717, 1.165) is 0 Å². The quantitative estimate of drug-likeness (QED) is 0.527. The first-order valence-corrected chi connectivity index (χ1v) is 5.34. The van der Waals surface area contributed by atoms with Crippen molar-refractivity contribution in [1.29, 1.82) is 0 Å². The number of aliphatic carboxylic acids is 1. The first-order valence-electron chi connectivity index (χ1n) is 5.34. The summed E-state index contributed by atoms with van der Waals surface area (Å²) < 4.78 is 4.72. The summed E-state index contributed by atoms with van der Waals surface area (Å²) in [6.45, 7) is 0.703. The van der Waals surface area contributed by atoms with Crippen LogP contribution in [-0.2, 0) is 14.3 Å². The van der Waals surface area contributed by atoms with Crippen molar-refractivity contribution in [2.45, 2.75) is 25.7 Å². The van der Waals surface area contributed by atoms with Crippen LogP contribution in [0.15, 0.2) is 0 Å². The summed E-state index contributed by atoms with van der Waals surface area (Å²) in [5.41, 5.74) is 0. The van der Waals surface area contributed by atoms with Crippen molar-refractivity contribution in [3.8, 4) is 0 Å². The molecule has 0 bridgehead atoms. The van der Waals surface area contributed by atoms with Crippen molar-refractivity contribution in [3.05, 3.63) is 0 Å². The minimum absolute atomic E-state index is 0.0350. The molecule has 7 nitrogen and oxygen atoms in total. The van der Waals surface area contributed by atoms with E-state index in [9.17, 15) is 14.4 Å². The number of carbonyl (C=O) groups is 3. The van der Waals surface area contributed by atoms with E-state index in [1.807, 2.05) is 0 Å². The molecule has 0 saturated carbocycles. The number of imide groups is 1. The first kappa shape index (κ1) is 15.4. The summed E-state index contributed by atoms with van der Waals surface area (Å²) in [6.07, 6.45) is 1.05. The van der Waals surface area contributed by atoms with Gasteiger partial charge < -0.3 is 15.2 Å². The lowest BCUT2D eigenvalue weighted by Gasteiger charge is -2.05. The van der Waals surface area contributed by atoms with Crippen LogP contribution in [0, 0.1) is 0 Å². The van der Waals surface area contributed by atoms with Crippen LogP contribution < -0.4 is 10.6 Å². The standard InChI is InChI=1S/C10H18N2O5/c1-17-7-6-11-10(16)12-8(13)4-2-3-5-9(14)15/h2-7H2,1H3,(H,14,15)(H2,11,12,13,16). The number of rotatable bonds is 8. The van der Waals surface area contributed by atoms with Gasteiger partial charge in [-0.2, -0.15) is 0 Å². The number of nitrogens with one attached hydrogen (secondary N) is 2. The van der Waals surface area contributed by atoms with Crippen LogP contribution in [0.5, 0.6) is 0 Å². The summed E-state index contributed by atoms with van der Waals surface area (Å²) in [7, 11) is 1.51. The van der Waals surface area contributed by atoms with Crippen molar-refractivity contribution in [3.63, 3.8) is 0 Å². The zero-order valence-electron chi connectivity index (χ0n) is 9.82. The number of carboxylic acid groups (broad SMARTS) is 1. The number of urea groups is 1. The average Bonchev–Trinajstić information content (AvgIpc) is 2.24. The van der Waals surface area contributed by atoms with E-state index in [1.165, 1.54) is 7.11 Å². The molecule has 0 aromatic carbocycles. The minimum Gasteiger partial charge on any atom is -0.481 e. The SMILES string of the molecule is COCCNC(=O)NC(=O)CCCCC(=O)O. The molecule has 3 N–H and O–H groups in total. The van der Waals surface area contributed by atoms with Gasteiger partial charge in [-0.25, -0.2) is 4.79 Å². The van der Waals surface area contributed by atoms with Gasteiger partial charge in [0.1, 0.15) is 0 Å². The largest absolute Gasteiger partial charge is 0.481 e. The molecule has 17 heavy (non-hydrogen) atoms. The maximum Gasteiger partial charge on any atom is 0.321 e. The molecule has 3 amide bonds. The molecule has 0 atom stereocenters. The second-order valence-electron chi connectivity index (χ2n) is 3.40. The van der Waals surface area contributed by atoms with Crippen molar-refractivity contribution in [2.24, 2.45) is 0 Å². The van der Waals surface area contributed by atoms with Gasteiger partial charge in [-0.1, -0.05) is 0 Å². The smallest absolute Gasteiger partial charge is 0.321 e. The topological polar surface area (TPSA) is 105 Å². The van der Waals surface area contributed by atoms with Gasteiger partial charge in [0.05, 0.1) is 6.61 Å². The summed E-state index contributed by atoms with van der Waals surface area (Å²) in [5, 5.41) is 12.9. The lowest BCUT2D eigenvalue weighted by molar-refractivity contribution is -0.137. The van der Waals surface area contributed by atoms with Crippen molar-refractivity contribution in [1.82, 2.24) is 10.6 Å². The zero-order valence-corrected chi connectivity index (χ0v) is 9.82. The van der Waals surface area contributed by atoms with Crippen LogP contribution in [0.1, 0.15) is 25.7 Å². The van der Waals surface area contributed by atoms with Crippen LogP contribution in [-0.4, -0.2) is 43.3 Å². The van der Waals surface area contributed by atoms with Gasteiger partial charge in [0.15, 0.2) is 0 Å². The molecule has 0 spiro atoms. The molecule has 98 valence electrons. The molecule has 0 radical (unpaired) electrons. The molecule has 0 aliphatic heterocycles. The Morgan fingerprint density at radius 2 is 1.82 bits per heavy atom. The molecule has 7 heteroatoms. The van der Waals surface area contributed by atoms with E-state index >= 15 is 0 Å². The fourth-order valence-electron chi connectivity index (χ4n) is 1.06. The van der Waals surface area contributed by atoms with Crippen LogP contribution >= 0.6 is 0 Å². The zero-order chi connectivity index (χ0) is 13.1. The average molecular weight is 246 g/mol. The Balaban J connectivity index is 3.50. The highest BCUT2D eigenvalue weighted by molar-refractivity contribution is 5.94. The molecule has 0 aliphatic rings. The Bertz CT molecular complexity index is 267. The molecular weight excluding hydrogens is 228 g/mol. The highest BCUT2D eigenvalue weighted by Gasteiger charge is 2.07. The number of hydrogen-bond acceptors (Lipinski definition) is 4. The summed E-state index contributed by atoms with van der Waals surface area (Å²) in [6, 6.07) is -0.565. The van der Waals surface area contributed by atoms with Crippen LogP contribution in [0.2, 0.25) is 0 Å². The second kappa shape index (κ2) is 9.59. The van der Waals surface area contributed by atoms with Crippen LogP contribution in [0.4, 0.5) is 4.79 Å². The molecule has 0 saturated heterocycles. The summed E-state index contributed by atoms with van der Waals surface area (Å²) in [4.78, 5) is 32.4. The van der Waals surface area contributed by atoms with E-state index in [1.54, 1.807) is 0 Å².